The number of rotatable bonds is 0. The standard InChI is InChI=1S/C8H4O2/c1-2-4-6-5(3-1)7-9-8(6)10-7/h1-4H. The molecule has 4 rings (SSSR count). The third-order valence-electron chi connectivity index (χ3n) is 1.74. The number of furan rings is 2. The van der Waals surface area contributed by atoms with Crippen LogP contribution >= 0.6 is 0 Å². The zero-order valence-corrected chi connectivity index (χ0v) is 5.13. The van der Waals surface area contributed by atoms with Crippen LogP contribution in [0.5, 0.6) is 0 Å². The Balaban J connectivity index is 2.78. The highest BCUT2D eigenvalue weighted by Crippen LogP contribution is 2.34. The molecule has 3 aromatic heterocycles. The summed E-state index contributed by atoms with van der Waals surface area (Å²) < 4.78 is 10.3. The van der Waals surface area contributed by atoms with E-state index in [-0.39, 0.29) is 0 Å². The summed E-state index contributed by atoms with van der Waals surface area (Å²) in [6.45, 7) is 0. The predicted molar refractivity (Wildman–Crippen MR) is 37.2 cm³/mol. The lowest BCUT2D eigenvalue weighted by molar-refractivity contribution is 0.383. The zero-order chi connectivity index (χ0) is 6.55. The highest BCUT2D eigenvalue weighted by Gasteiger charge is 2.14. The Morgan fingerprint density at radius 2 is 1.30 bits per heavy atom. The summed E-state index contributed by atoms with van der Waals surface area (Å²) in [4.78, 5) is 0. The van der Waals surface area contributed by atoms with E-state index in [1.165, 1.54) is 0 Å². The van der Waals surface area contributed by atoms with Crippen molar-refractivity contribution in [2.75, 3.05) is 0 Å². The van der Waals surface area contributed by atoms with Gasteiger partial charge in [0.25, 0.3) is 0 Å². The van der Waals surface area contributed by atoms with Crippen LogP contribution in [0.4, 0.5) is 0 Å². The van der Waals surface area contributed by atoms with Gasteiger partial charge in [-0.3, -0.25) is 0 Å². The molecule has 10 heavy (non-hydrogen) atoms. The van der Waals surface area contributed by atoms with Crippen LogP contribution in [0.2, 0.25) is 0 Å². The summed E-state index contributed by atoms with van der Waals surface area (Å²) >= 11 is 0. The zero-order valence-electron chi connectivity index (χ0n) is 5.13. The lowest BCUT2D eigenvalue weighted by Crippen LogP contribution is -1.56. The van der Waals surface area contributed by atoms with E-state index in [9.17, 15) is 0 Å². The molecule has 0 saturated carbocycles. The molecule has 4 aromatic rings. The van der Waals surface area contributed by atoms with Crippen LogP contribution in [-0.2, 0) is 0 Å². The van der Waals surface area contributed by atoms with Crippen molar-refractivity contribution in [2.45, 2.75) is 0 Å². The second-order valence-corrected chi connectivity index (χ2v) is 2.32. The van der Waals surface area contributed by atoms with Gasteiger partial charge in [-0.15, -0.1) is 0 Å². The summed E-state index contributed by atoms with van der Waals surface area (Å²) in [7, 11) is 0. The average Bonchev–Trinajstić information content (AvgIpc) is 2.36. The molecule has 0 amide bonds. The quantitative estimate of drug-likeness (QED) is 0.470. The SMILES string of the molecule is c1ccc2c3oc(o3)c2c1. The highest BCUT2D eigenvalue weighted by atomic mass is 16.6. The molecular weight excluding hydrogens is 128 g/mol. The van der Waals surface area contributed by atoms with E-state index >= 15 is 0 Å². The lowest BCUT2D eigenvalue weighted by atomic mass is 10.2. The molecule has 2 bridgehead atoms. The summed E-state index contributed by atoms with van der Waals surface area (Å²) in [5.74, 6) is 1.32. The second kappa shape index (κ2) is 1.19. The summed E-state index contributed by atoms with van der Waals surface area (Å²) in [6, 6.07) is 7.93. The van der Waals surface area contributed by atoms with Crippen molar-refractivity contribution < 1.29 is 8.83 Å². The van der Waals surface area contributed by atoms with Crippen molar-refractivity contribution >= 4 is 22.3 Å². The Bertz CT molecular complexity index is 406. The smallest absolute Gasteiger partial charge is 0.303 e. The molecular formula is C8H4O2. The monoisotopic (exact) mass is 132 g/mol. The molecule has 48 valence electrons. The van der Waals surface area contributed by atoms with Crippen molar-refractivity contribution in [3.05, 3.63) is 24.3 Å². The first-order chi connectivity index (χ1) is 4.95. The predicted octanol–water partition coefficient (Wildman–Crippen LogP) is 2.62. The minimum Gasteiger partial charge on any atom is -0.391 e. The van der Waals surface area contributed by atoms with Crippen LogP contribution in [0.1, 0.15) is 0 Å². The van der Waals surface area contributed by atoms with Gasteiger partial charge in [0, 0.05) is 0 Å². The van der Waals surface area contributed by atoms with Crippen LogP contribution < -0.4 is 0 Å². The molecule has 0 aliphatic carbocycles. The maximum Gasteiger partial charge on any atom is 0.303 e. The fraction of sp³-hybridized carbons (Fsp3) is 0. The van der Waals surface area contributed by atoms with E-state index in [0.717, 1.165) is 10.8 Å². The van der Waals surface area contributed by atoms with E-state index in [4.69, 9.17) is 8.83 Å². The third-order valence-corrected chi connectivity index (χ3v) is 1.74. The average molecular weight is 132 g/mol. The van der Waals surface area contributed by atoms with Crippen LogP contribution in [0.25, 0.3) is 22.3 Å². The largest absolute Gasteiger partial charge is 0.391 e. The van der Waals surface area contributed by atoms with Gasteiger partial charge in [-0.25, -0.2) is 0 Å². The molecule has 0 saturated heterocycles. The highest BCUT2D eigenvalue weighted by molar-refractivity contribution is 6.03. The van der Waals surface area contributed by atoms with Gasteiger partial charge in [0.15, 0.2) is 0 Å². The van der Waals surface area contributed by atoms with Crippen molar-refractivity contribution in [2.24, 2.45) is 0 Å². The number of hydrogen-bond donors (Lipinski definition) is 0. The summed E-state index contributed by atoms with van der Waals surface area (Å²) in [5, 5.41) is 2.16. The van der Waals surface area contributed by atoms with Gasteiger partial charge < -0.3 is 8.83 Å². The molecule has 0 aliphatic heterocycles. The Morgan fingerprint density at radius 3 is 1.80 bits per heavy atom. The molecule has 1 aromatic carbocycles. The second-order valence-electron chi connectivity index (χ2n) is 2.32. The summed E-state index contributed by atoms with van der Waals surface area (Å²) in [5.41, 5.74) is 0. The molecule has 0 aliphatic rings. The van der Waals surface area contributed by atoms with Crippen LogP contribution in [0.3, 0.4) is 0 Å². The lowest BCUT2D eigenvalue weighted by Gasteiger charge is -1.83. The molecule has 0 atom stereocenters. The van der Waals surface area contributed by atoms with Crippen LogP contribution in [0, 0.1) is 0 Å². The molecule has 0 N–H and O–H groups in total. The Hall–Kier alpha value is -1.44. The Kier molecular flexibility index (Phi) is 0.520. The van der Waals surface area contributed by atoms with Gasteiger partial charge in [0.2, 0.25) is 0 Å². The van der Waals surface area contributed by atoms with Gasteiger partial charge in [-0.2, -0.15) is 0 Å². The van der Waals surface area contributed by atoms with Gasteiger partial charge in [-0.1, -0.05) is 12.1 Å². The molecule has 0 fully saturated rings. The third kappa shape index (κ3) is 0.310. The van der Waals surface area contributed by atoms with Crippen LogP contribution in [-0.4, -0.2) is 0 Å². The first-order valence-corrected chi connectivity index (χ1v) is 3.14. The topological polar surface area (TPSA) is 26.3 Å². The van der Waals surface area contributed by atoms with Crippen molar-refractivity contribution in [3.8, 4) is 0 Å². The molecule has 0 unspecified atom stereocenters. The molecule has 3 heterocycles. The summed E-state index contributed by atoms with van der Waals surface area (Å²) in [6.07, 6.45) is 0. The van der Waals surface area contributed by atoms with Gasteiger partial charge in [0.05, 0.1) is 10.8 Å². The first kappa shape index (κ1) is 4.39. The maximum absolute atomic E-state index is 5.13. The molecule has 2 heteroatoms. The van der Waals surface area contributed by atoms with E-state index < -0.39 is 0 Å². The van der Waals surface area contributed by atoms with E-state index in [2.05, 4.69) is 0 Å². The van der Waals surface area contributed by atoms with E-state index in [1.54, 1.807) is 0 Å². The van der Waals surface area contributed by atoms with Crippen molar-refractivity contribution in [1.82, 2.24) is 0 Å². The minimum absolute atomic E-state index is 0.658. The Morgan fingerprint density at radius 1 is 0.800 bits per heavy atom. The van der Waals surface area contributed by atoms with E-state index in [0.29, 0.717) is 11.6 Å². The number of hydrogen-bond acceptors (Lipinski definition) is 2. The van der Waals surface area contributed by atoms with Gasteiger partial charge in [-0.05, 0) is 12.1 Å². The molecule has 0 spiro atoms. The van der Waals surface area contributed by atoms with Gasteiger partial charge in [0.1, 0.15) is 0 Å². The van der Waals surface area contributed by atoms with Gasteiger partial charge >= 0.3 is 11.6 Å². The van der Waals surface area contributed by atoms with Crippen LogP contribution in [0.15, 0.2) is 33.1 Å². The minimum atomic E-state index is 0.658. The van der Waals surface area contributed by atoms with E-state index in [1.807, 2.05) is 24.3 Å². The molecule has 2 nitrogen and oxygen atoms in total. The fourth-order valence-electron chi connectivity index (χ4n) is 1.24. The first-order valence-electron chi connectivity index (χ1n) is 3.14. The fourth-order valence-corrected chi connectivity index (χ4v) is 1.24. The van der Waals surface area contributed by atoms with Crippen molar-refractivity contribution in [1.29, 1.82) is 0 Å². The maximum atomic E-state index is 5.13. The normalized spacial score (nSPS) is 12.0. The Labute approximate surface area is 56.4 Å². The van der Waals surface area contributed by atoms with Crippen molar-refractivity contribution in [3.63, 3.8) is 0 Å². The number of benzene rings is 1. The molecule has 0 radical (unpaired) electrons.